The SMILES string of the molecule is C=CCOC1C2CC(CC2C=C)C1OCNc1ccccc1. The second-order valence-electron chi connectivity index (χ2n) is 6.20. The van der Waals surface area contributed by atoms with Crippen molar-refractivity contribution in [1.82, 2.24) is 0 Å². The number of hydrogen-bond donors (Lipinski definition) is 1. The Kier molecular flexibility index (Phi) is 4.96. The van der Waals surface area contributed by atoms with Crippen molar-refractivity contribution in [2.75, 3.05) is 18.7 Å². The Morgan fingerprint density at radius 2 is 1.91 bits per heavy atom. The van der Waals surface area contributed by atoms with E-state index in [9.17, 15) is 0 Å². The van der Waals surface area contributed by atoms with Gasteiger partial charge in [0.1, 0.15) is 6.73 Å². The molecule has 5 unspecified atom stereocenters. The van der Waals surface area contributed by atoms with E-state index >= 15 is 0 Å². The van der Waals surface area contributed by atoms with E-state index in [4.69, 9.17) is 9.47 Å². The van der Waals surface area contributed by atoms with E-state index in [0.717, 1.165) is 5.69 Å². The summed E-state index contributed by atoms with van der Waals surface area (Å²) in [6, 6.07) is 10.1. The van der Waals surface area contributed by atoms with Crippen molar-refractivity contribution in [2.24, 2.45) is 17.8 Å². The van der Waals surface area contributed by atoms with E-state index in [1.165, 1.54) is 12.8 Å². The van der Waals surface area contributed by atoms with Crippen molar-refractivity contribution < 1.29 is 9.47 Å². The average Bonchev–Trinajstić information content (AvgIpc) is 3.12. The van der Waals surface area contributed by atoms with Crippen molar-refractivity contribution in [1.29, 1.82) is 0 Å². The smallest absolute Gasteiger partial charge is 0.117 e. The Morgan fingerprint density at radius 3 is 2.64 bits per heavy atom. The van der Waals surface area contributed by atoms with Gasteiger partial charge in [0, 0.05) is 5.69 Å². The Balaban J connectivity index is 1.57. The maximum Gasteiger partial charge on any atom is 0.117 e. The molecular formula is C19H25NO2. The van der Waals surface area contributed by atoms with Crippen LogP contribution in [0.3, 0.4) is 0 Å². The molecule has 1 aromatic carbocycles. The molecule has 3 heteroatoms. The maximum atomic E-state index is 6.14. The number of hydrogen-bond acceptors (Lipinski definition) is 3. The van der Waals surface area contributed by atoms with Crippen LogP contribution in [0.1, 0.15) is 12.8 Å². The van der Waals surface area contributed by atoms with E-state index < -0.39 is 0 Å². The number of ether oxygens (including phenoxy) is 2. The number of fused-ring (bicyclic) bond motifs is 2. The largest absolute Gasteiger partial charge is 0.371 e. The summed E-state index contributed by atoms with van der Waals surface area (Å²) in [5, 5.41) is 3.31. The first kappa shape index (κ1) is 15.3. The third-order valence-corrected chi connectivity index (χ3v) is 4.95. The first-order valence-electron chi connectivity index (χ1n) is 8.09. The van der Waals surface area contributed by atoms with Gasteiger partial charge in [0.05, 0.1) is 18.8 Å². The summed E-state index contributed by atoms with van der Waals surface area (Å²) < 4.78 is 12.2. The number of benzene rings is 1. The third-order valence-electron chi connectivity index (χ3n) is 4.95. The molecule has 0 radical (unpaired) electrons. The molecule has 2 aliphatic carbocycles. The number of para-hydroxylation sites is 1. The lowest BCUT2D eigenvalue weighted by Crippen LogP contribution is -2.41. The Bertz CT molecular complexity index is 501. The van der Waals surface area contributed by atoms with Gasteiger partial charge in [-0.05, 0) is 42.7 Å². The molecule has 2 aliphatic rings. The minimum atomic E-state index is 0.164. The molecule has 1 N–H and O–H groups in total. The molecular weight excluding hydrogens is 274 g/mol. The molecule has 22 heavy (non-hydrogen) atoms. The molecule has 0 saturated heterocycles. The predicted octanol–water partition coefficient (Wildman–Crippen LogP) is 3.85. The third kappa shape index (κ3) is 3.11. The highest BCUT2D eigenvalue weighted by atomic mass is 16.5. The van der Waals surface area contributed by atoms with Crippen molar-refractivity contribution in [3.8, 4) is 0 Å². The molecule has 118 valence electrons. The summed E-state index contributed by atoms with van der Waals surface area (Å²) in [6.07, 6.45) is 6.61. The molecule has 0 aromatic heterocycles. The molecule has 0 amide bonds. The van der Waals surface area contributed by atoms with Crippen LogP contribution in [0.5, 0.6) is 0 Å². The highest BCUT2D eigenvalue weighted by Crippen LogP contribution is 2.51. The Hall–Kier alpha value is -1.58. The van der Waals surface area contributed by atoms with Gasteiger partial charge >= 0.3 is 0 Å². The summed E-state index contributed by atoms with van der Waals surface area (Å²) in [4.78, 5) is 0. The summed E-state index contributed by atoms with van der Waals surface area (Å²) in [7, 11) is 0. The van der Waals surface area contributed by atoms with Crippen molar-refractivity contribution in [2.45, 2.75) is 25.0 Å². The zero-order chi connectivity index (χ0) is 15.4. The van der Waals surface area contributed by atoms with Gasteiger partial charge in [0.25, 0.3) is 0 Å². The summed E-state index contributed by atoms with van der Waals surface area (Å²) in [5.41, 5.74) is 1.08. The molecule has 3 rings (SSSR count). The van der Waals surface area contributed by atoms with Gasteiger partial charge in [-0.1, -0.05) is 30.4 Å². The molecule has 0 spiro atoms. The molecule has 2 saturated carbocycles. The standard InChI is InChI=1S/C19H25NO2/c1-3-10-21-19-17-12-15(11-14(17)4-2)18(19)22-13-20-16-8-6-5-7-9-16/h3-9,14-15,17-20H,1-2,10-13H2. The maximum absolute atomic E-state index is 6.14. The monoisotopic (exact) mass is 299 g/mol. The van der Waals surface area contributed by atoms with Gasteiger partial charge in [0.15, 0.2) is 0 Å². The minimum Gasteiger partial charge on any atom is -0.371 e. The molecule has 1 aromatic rings. The molecule has 3 nitrogen and oxygen atoms in total. The lowest BCUT2D eigenvalue weighted by Gasteiger charge is -2.34. The van der Waals surface area contributed by atoms with Gasteiger partial charge in [-0.2, -0.15) is 0 Å². The average molecular weight is 299 g/mol. The van der Waals surface area contributed by atoms with Crippen LogP contribution in [0, 0.1) is 17.8 Å². The Labute approximate surface area is 133 Å². The zero-order valence-electron chi connectivity index (χ0n) is 13.0. The molecule has 2 fully saturated rings. The van der Waals surface area contributed by atoms with Gasteiger partial charge in [0.2, 0.25) is 0 Å². The fourth-order valence-corrected chi connectivity index (χ4v) is 3.98. The van der Waals surface area contributed by atoms with E-state index in [-0.39, 0.29) is 12.2 Å². The van der Waals surface area contributed by atoms with Gasteiger partial charge in [-0.3, -0.25) is 0 Å². The summed E-state index contributed by atoms with van der Waals surface area (Å²) in [5.74, 6) is 1.70. The fourth-order valence-electron chi connectivity index (χ4n) is 3.98. The van der Waals surface area contributed by atoms with E-state index in [0.29, 0.717) is 31.1 Å². The van der Waals surface area contributed by atoms with Gasteiger partial charge < -0.3 is 14.8 Å². The number of allylic oxidation sites excluding steroid dienone is 1. The van der Waals surface area contributed by atoms with Crippen molar-refractivity contribution >= 4 is 5.69 Å². The molecule has 2 bridgehead atoms. The van der Waals surface area contributed by atoms with Crippen molar-refractivity contribution in [3.05, 3.63) is 55.6 Å². The number of rotatable bonds is 8. The second-order valence-corrected chi connectivity index (χ2v) is 6.20. The van der Waals surface area contributed by atoms with Crippen LogP contribution in [0.4, 0.5) is 5.69 Å². The van der Waals surface area contributed by atoms with Crippen molar-refractivity contribution in [3.63, 3.8) is 0 Å². The first-order valence-corrected chi connectivity index (χ1v) is 8.09. The normalized spacial score (nSPS) is 32.8. The highest BCUT2D eigenvalue weighted by molar-refractivity contribution is 5.41. The van der Waals surface area contributed by atoms with Crippen LogP contribution >= 0.6 is 0 Å². The van der Waals surface area contributed by atoms with Crippen LogP contribution in [0.2, 0.25) is 0 Å². The van der Waals surface area contributed by atoms with Crippen LogP contribution in [0.25, 0.3) is 0 Å². The number of nitrogens with one attached hydrogen (secondary N) is 1. The minimum absolute atomic E-state index is 0.164. The molecule has 5 atom stereocenters. The van der Waals surface area contributed by atoms with Gasteiger partial charge in [-0.25, -0.2) is 0 Å². The second kappa shape index (κ2) is 7.12. The van der Waals surface area contributed by atoms with Gasteiger partial charge in [-0.15, -0.1) is 13.2 Å². The molecule has 0 heterocycles. The quantitative estimate of drug-likeness (QED) is 0.584. The lowest BCUT2D eigenvalue weighted by atomic mass is 9.85. The topological polar surface area (TPSA) is 30.5 Å². The lowest BCUT2D eigenvalue weighted by molar-refractivity contribution is -0.0938. The zero-order valence-corrected chi connectivity index (χ0v) is 13.0. The van der Waals surface area contributed by atoms with Crippen LogP contribution in [-0.4, -0.2) is 25.5 Å². The van der Waals surface area contributed by atoms with E-state index in [1.54, 1.807) is 0 Å². The van der Waals surface area contributed by atoms with E-state index in [2.05, 4.69) is 24.6 Å². The van der Waals surface area contributed by atoms with Crippen LogP contribution in [-0.2, 0) is 9.47 Å². The highest BCUT2D eigenvalue weighted by Gasteiger charge is 2.53. The first-order chi connectivity index (χ1) is 10.8. The Morgan fingerprint density at radius 1 is 1.09 bits per heavy atom. The fraction of sp³-hybridized carbons (Fsp3) is 0.474. The summed E-state index contributed by atoms with van der Waals surface area (Å²) >= 11 is 0. The summed E-state index contributed by atoms with van der Waals surface area (Å²) in [6.45, 7) is 8.83. The van der Waals surface area contributed by atoms with E-state index in [1.807, 2.05) is 36.4 Å². The van der Waals surface area contributed by atoms with Crippen LogP contribution in [0.15, 0.2) is 55.6 Å². The molecule has 0 aliphatic heterocycles. The van der Waals surface area contributed by atoms with Crippen LogP contribution < -0.4 is 5.32 Å². The number of anilines is 1. The predicted molar refractivity (Wildman–Crippen MR) is 89.6 cm³/mol.